The molecule has 0 saturated heterocycles. The average molecular weight is 590 g/mol. The van der Waals surface area contributed by atoms with E-state index in [1.165, 1.54) is 13.4 Å². The maximum atomic E-state index is 10.7. The molecule has 36 heavy (non-hydrogen) atoms. The number of benzene rings is 2. The smallest absolute Gasteiger partial charge is 0.164 e. The highest BCUT2D eigenvalue weighted by atomic mass is 79.9. The highest BCUT2D eigenvalue weighted by Gasteiger charge is 2.34. The number of ether oxygens (including phenoxy) is 2. The molecule has 0 fully saturated rings. The maximum Gasteiger partial charge on any atom is 0.164 e. The van der Waals surface area contributed by atoms with Crippen molar-refractivity contribution in [1.29, 1.82) is 0 Å². The predicted molar refractivity (Wildman–Crippen MR) is 140 cm³/mol. The number of nitrogens with one attached hydrogen (secondary N) is 1. The molecule has 0 aliphatic carbocycles. The van der Waals surface area contributed by atoms with Gasteiger partial charge in [0.05, 0.1) is 36.9 Å². The molecule has 1 heterocycles. The number of aromatic nitrogens is 2. The highest BCUT2D eigenvalue weighted by Crippen LogP contribution is 2.36. The lowest BCUT2D eigenvalue weighted by Crippen LogP contribution is -2.53. The number of methoxy groups -OCH3 is 1. The Bertz CT molecular complexity index is 1160. The fourth-order valence-corrected chi connectivity index (χ4v) is 3.96. The van der Waals surface area contributed by atoms with Crippen molar-refractivity contribution in [1.82, 2.24) is 14.9 Å². The van der Waals surface area contributed by atoms with Crippen molar-refractivity contribution >= 4 is 49.9 Å². The normalized spacial score (nSPS) is 14.6. The molecule has 0 spiro atoms. The van der Waals surface area contributed by atoms with Crippen molar-refractivity contribution in [3.8, 4) is 11.5 Å². The summed E-state index contributed by atoms with van der Waals surface area (Å²) in [6.07, 6.45) is -2.69. The molecule has 2 aromatic carbocycles. The molecule has 0 radical (unpaired) electrons. The summed E-state index contributed by atoms with van der Waals surface area (Å²) in [5, 5.41) is 45.0. The van der Waals surface area contributed by atoms with E-state index >= 15 is 0 Å². The van der Waals surface area contributed by atoms with Crippen LogP contribution in [0.2, 0.25) is 5.02 Å². The molecular formula is C23H30BrClN4O7. The van der Waals surface area contributed by atoms with Gasteiger partial charge in [-0.05, 0) is 54.3 Å². The van der Waals surface area contributed by atoms with Crippen molar-refractivity contribution in [2.45, 2.75) is 24.4 Å². The van der Waals surface area contributed by atoms with Gasteiger partial charge >= 0.3 is 0 Å². The summed E-state index contributed by atoms with van der Waals surface area (Å²) < 4.78 is 12.1. The van der Waals surface area contributed by atoms with Gasteiger partial charge in [0.2, 0.25) is 0 Å². The molecule has 198 valence electrons. The quantitative estimate of drug-likeness (QED) is 0.220. The van der Waals surface area contributed by atoms with Crippen LogP contribution >= 0.6 is 27.5 Å². The Kier molecular flexibility index (Phi) is 11.1. The third-order valence-corrected chi connectivity index (χ3v) is 6.77. The first-order valence-corrected chi connectivity index (χ1v) is 11.8. The largest absolute Gasteiger partial charge is 0.493 e. The molecule has 0 bridgehead atoms. The summed E-state index contributed by atoms with van der Waals surface area (Å²) in [7, 11) is 4.77. The lowest BCUT2D eigenvalue weighted by atomic mass is 10.0. The number of aliphatic hydroxyl groups excluding tert-OH is 4. The van der Waals surface area contributed by atoms with E-state index in [4.69, 9.17) is 21.1 Å². The van der Waals surface area contributed by atoms with Crippen LogP contribution in [0.4, 0.5) is 11.5 Å². The van der Waals surface area contributed by atoms with E-state index in [-0.39, 0.29) is 17.8 Å². The fourth-order valence-electron chi connectivity index (χ4n) is 3.53. The second-order valence-corrected chi connectivity index (χ2v) is 9.29. The Hall–Kier alpha value is -2.29. The SMILES string of the molecule is COc1cc2c(Nc3ccc(Br)c(Cl)c3)ncnc2cc1O[C@H](CO)[C@H](O)[C@@H](O)[C@@H](CO)N(C)C.O. The van der Waals surface area contributed by atoms with Crippen molar-refractivity contribution in [3.05, 3.63) is 46.2 Å². The summed E-state index contributed by atoms with van der Waals surface area (Å²) in [5.41, 5.74) is 1.23. The van der Waals surface area contributed by atoms with Gasteiger partial charge in [0.15, 0.2) is 17.6 Å². The summed E-state index contributed by atoms with van der Waals surface area (Å²) in [6.45, 7) is -0.981. The minimum atomic E-state index is -1.50. The van der Waals surface area contributed by atoms with Gasteiger partial charge in [-0.1, -0.05) is 11.6 Å². The first-order chi connectivity index (χ1) is 16.7. The zero-order valence-corrected chi connectivity index (χ0v) is 22.2. The van der Waals surface area contributed by atoms with Gasteiger partial charge in [0.1, 0.15) is 24.4 Å². The summed E-state index contributed by atoms with van der Waals surface area (Å²) in [5.74, 6) is 1.01. The van der Waals surface area contributed by atoms with E-state index in [0.717, 1.165) is 4.47 Å². The number of anilines is 2. The third kappa shape index (κ3) is 6.72. The minimum absolute atomic E-state index is 0. The van der Waals surface area contributed by atoms with Crippen LogP contribution in [-0.2, 0) is 0 Å². The van der Waals surface area contributed by atoms with Crippen LogP contribution in [0.25, 0.3) is 10.9 Å². The number of halogens is 2. The van der Waals surface area contributed by atoms with Crippen LogP contribution in [0, 0.1) is 0 Å². The van der Waals surface area contributed by atoms with Gasteiger partial charge in [-0.25, -0.2) is 9.97 Å². The van der Waals surface area contributed by atoms with Crippen molar-refractivity contribution in [2.24, 2.45) is 0 Å². The van der Waals surface area contributed by atoms with E-state index in [9.17, 15) is 20.4 Å². The number of nitrogens with zero attached hydrogens (tertiary/aromatic N) is 3. The molecule has 1 aromatic heterocycles. The molecular weight excluding hydrogens is 560 g/mol. The first-order valence-electron chi connectivity index (χ1n) is 10.7. The minimum Gasteiger partial charge on any atom is -0.493 e. The van der Waals surface area contributed by atoms with Gasteiger partial charge in [-0.2, -0.15) is 0 Å². The van der Waals surface area contributed by atoms with Gasteiger partial charge in [0.25, 0.3) is 0 Å². The summed E-state index contributed by atoms with van der Waals surface area (Å²) in [6, 6.07) is 7.90. The molecule has 3 aromatic rings. The number of aliphatic hydroxyl groups is 4. The van der Waals surface area contributed by atoms with Crippen LogP contribution in [0.1, 0.15) is 0 Å². The first kappa shape index (κ1) is 29.9. The fraction of sp³-hybridized carbons (Fsp3) is 0.391. The number of likely N-dealkylation sites (N-methyl/N-ethyl adjacent to an activating group) is 1. The Morgan fingerprint density at radius 3 is 2.36 bits per heavy atom. The number of hydrogen-bond acceptors (Lipinski definition) is 10. The van der Waals surface area contributed by atoms with E-state index in [1.54, 1.807) is 37.2 Å². The molecule has 0 aliphatic rings. The van der Waals surface area contributed by atoms with Gasteiger partial charge in [-0.15, -0.1) is 0 Å². The standard InChI is InChI=1S/C23H28BrClN4O6.H2O/c1-29(2)17(9-30)21(32)22(33)20(10-31)35-19-8-16-13(7-18(19)34-3)23(27-11-26-16)28-12-4-5-14(24)15(25)6-12;/h4-8,11,17,20-22,30-33H,9-10H2,1-3H3,(H,26,27,28);1H2/t17-,20-,21+,22+;/m1./s1. The molecule has 0 saturated carbocycles. The van der Waals surface area contributed by atoms with Crippen LogP contribution in [0.3, 0.4) is 0 Å². The summed E-state index contributed by atoms with van der Waals surface area (Å²) in [4.78, 5) is 10.2. The van der Waals surface area contributed by atoms with E-state index in [1.807, 2.05) is 12.1 Å². The lowest BCUT2D eigenvalue weighted by molar-refractivity contribution is -0.0968. The Morgan fingerprint density at radius 1 is 1.06 bits per heavy atom. The van der Waals surface area contributed by atoms with Crippen LogP contribution in [0.5, 0.6) is 11.5 Å². The second kappa shape index (κ2) is 13.3. The van der Waals surface area contributed by atoms with E-state index in [2.05, 4.69) is 31.2 Å². The zero-order chi connectivity index (χ0) is 25.7. The van der Waals surface area contributed by atoms with Gasteiger partial charge in [0, 0.05) is 21.6 Å². The Balaban J connectivity index is 0.00000456. The van der Waals surface area contributed by atoms with Crippen LogP contribution < -0.4 is 14.8 Å². The molecule has 3 rings (SSSR count). The van der Waals surface area contributed by atoms with Gasteiger partial charge in [-0.3, -0.25) is 0 Å². The van der Waals surface area contributed by atoms with Crippen LogP contribution in [-0.4, -0.2) is 99.5 Å². The molecule has 13 heteroatoms. The zero-order valence-electron chi connectivity index (χ0n) is 19.9. The second-order valence-electron chi connectivity index (χ2n) is 8.03. The van der Waals surface area contributed by atoms with Crippen LogP contribution in [0.15, 0.2) is 41.1 Å². The lowest BCUT2D eigenvalue weighted by Gasteiger charge is -2.33. The number of rotatable bonds is 11. The predicted octanol–water partition coefficient (Wildman–Crippen LogP) is 1.36. The monoisotopic (exact) mass is 588 g/mol. The van der Waals surface area contributed by atoms with E-state index in [0.29, 0.717) is 33.2 Å². The van der Waals surface area contributed by atoms with E-state index < -0.39 is 31.0 Å². The van der Waals surface area contributed by atoms with Crippen molar-refractivity contribution in [3.63, 3.8) is 0 Å². The Labute approximate surface area is 221 Å². The van der Waals surface area contributed by atoms with Crippen molar-refractivity contribution in [2.75, 3.05) is 39.7 Å². The maximum absolute atomic E-state index is 10.7. The highest BCUT2D eigenvalue weighted by molar-refractivity contribution is 9.10. The summed E-state index contributed by atoms with van der Waals surface area (Å²) >= 11 is 9.55. The molecule has 0 amide bonds. The van der Waals surface area contributed by atoms with Crippen molar-refractivity contribution < 1.29 is 35.4 Å². The Morgan fingerprint density at radius 2 is 1.78 bits per heavy atom. The molecule has 11 nitrogen and oxygen atoms in total. The van der Waals surface area contributed by atoms with Gasteiger partial charge < -0.3 is 45.6 Å². The third-order valence-electron chi connectivity index (χ3n) is 5.54. The molecule has 7 N–H and O–H groups in total. The number of fused-ring (bicyclic) bond motifs is 1. The topological polar surface area (TPSA) is 172 Å². The average Bonchev–Trinajstić information content (AvgIpc) is 2.84. The molecule has 0 unspecified atom stereocenters. The molecule has 4 atom stereocenters. The number of hydrogen-bond donors (Lipinski definition) is 5. The molecule has 0 aliphatic heterocycles.